The van der Waals surface area contributed by atoms with Crippen LogP contribution in [0.5, 0.6) is 5.75 Å². The molecule has 3 unspecified atom stereocenters. The normalized spacial score (nSPS) is 24.0. The fraction of sp³-hybridized carbons (Fsp3) is 0.467. The fourth-order valence-corrected chi connectivity index (χ4v) is 6.31. The summed E-state index contributed by atoms with van der Waals surface area (Å²) >= 11 is 0. The van der Waals surface area contributed by atoms with E-state index in [0.717, 1.165) is 67.8 Å². The molecule has 0 bridgehead atoms. The third kappa shape index (κ3) is 5.15. The zero-order chi connectivity index (χ0) is 26.1. The van der Waals surface area contributed by atoms with Gasteiger partial charge in [-0.15, -0.1) is 0 Å². The second kappa shape index (κ2) is 10.8. The van der Waals surface area contributed by atoms with E-state index in [1.165, 1.54) is 0 Å². The Morgan fingerprint density at radius 3 is 2.58 bits per heavy atom. The van der Waals surface area contributed by atoms with Gasteiger partial charge in [0.05, 0.1) is 25.7 Å². The minimum Gasteiger partial charge on any atom is -0.497 e. The number of nitrogens with one attached hydrogen (secondary N) is 2. The number of hydrogen-bond acceptors (Lipinski definition) is 5. The minimum atomic E-state index is -0.0461. The molecule has 3 aliphatic heterocycles. The van der Waals surface area contributed by atoms with E-state index in [1.54, 1.807) is 7.11 Å². The Morgan fingerprint density at radius 2 is 1.87 bits per heavy atom. The highest BCUT2D eigenvalue weighted by Crippen LogP contribution is 2.33. The highest BCUT2D eigenvalue weighted by molar-refractivity contribution is 5.98. The number of likely N-dealkylation sites (tertiary alicyclic amines) is 2. The number of ether oxygens (including phenoxy) is 2. The number of H-pyrrole nitrogens is 1. The predicted octanol–water partition coefficient (Wildman–Crippen LogP) is 3.46. The van der Waals surface area contributed by atoms with Crippen molar-refractivity contribution in [2.45, 2.75) is 18.9 Å². The molecule has 2 N–H and O–H groups in total. The van der Waals surface area contributed by atoms with E-state index >= 15 is 0 Å². The van der Waals surface area contributed by atoms with Crippen molar-refractivity contribution in [3.05, 3.63) is 65.9 Å². The Balaban J connectivity index is 1.04. The van der Waals surface area contributed by atoms with Gasteiger partial charge in [0.2, 0.25) is 5.91 Å². The lowest BCUT2D eigenvalue weighted by atomic mass is 10.0. The maximum absolute atomic E-state index is 13.3. The summed E-state index contributed by atoms with van der Waals surface area (Å²) in [5, 5.41) is 4.28. The summed E-state index contributed by atoms with van der Waals surface area (Å²) < 4.78 is 10.7. The van der Waals surface area contributed by atoms with Crippen LogP contribution < -0.4 is 10.1 Å². The largest absolute Gasteiger partial charge is 0.497 e. The molecule has 0 aliphatic carbocycles. The van der Waals surface area contributed by atoms with Crippen LogP contribution in [-0.4, -0.2) is 79.6 Å². The quantitative estimate of drug-likeness (QED) is 0.479. The highest BCUT2D eigenvalue weighted by atomic mass is 16.5. The van der Waals surface area contributed by atoms with Crippen LogP contribution in [0.4, 0.5) is 0 Å². The van der Waals surface area contributed by atoms with E-state index in [1.807, 2.05) is 47.4 Å². The molecule has 4 heterocycles. The zero-order valence-electron chi connectivity index (χ0n) is 21.9. The first-order chi connectivity index (χ1) is 18.6. The number of aromatic nitrogens is 1. The number of amides is 2. The van der Waals surface area contributed by atoms with Crippen LogP contribution in [0.2, 0.25) is 0 Å². The van der Waals surface area contributed by atoms with Crippen molar-refractivity contribution in [2.75, 3.05) is 53.0 Å². The first kappa shape index (κ1) is 24.9. The molecule has 1 aromatic heterocycles. The number of carbonyl (C=O) groups is 2. The van der Waals surface area contributed by atoms with Gasteiger partial charge in [-0.3, -0.25) is 9.59 Å². The Labute approximate surface area is 223 Å². The second-order valence-electron chi connectivity index (χ2n) is 10.9. The van der Waals surface area contributed by atoms with Gasteiger partial charge in [0.15, 0.2) is 0 Å². The molecule has 3 aromatic rings. The van der Waals surface area contributed by atoms with Gasteiger partial charge in [0.1, 0.15) is 11.4 Å². The maximum atomic E-state index is 13.3. The predicted molar refractivity (Wildman–Crippen MR) is 145 cm³/mol. The summed E-state index contributed by atoms with van der Waals surface area (Å²) in [7, 11) is 1.65. The molecular weight excluding hydrogens is 480 g/mol. The third-order valence-electron chi connectivity index (χ3n) is 8.46. The van der Waals surface area contributed by atoms with Crippen molar-refractivity contribution in [1.29, 1.82) is 0 Å². The van der Waals surface area contributed by atoms with E-state index in [9.17, 15) is 9.59 Å². The molecular formula is C30H36N4O4. The average Bonchev–Trinajstić information content (AvgIpc) is 3.74. The summed E-state index contributed by atoms with van der Waals surface area (Å²) in [6, 6.07) is 18.0. The van der Waals surface area contributed by atoms with E-state index in [2.05, 4.69) is 27.3 Å². The van der Waals surface area contributed by atoms with Gasteiger partial charge >= 0.3 is 0 Å². The fourth-order valence-electron chi connectivity index (χ4n) is 6.31. The molecule has 6 rings (SSSR count). The third-order valence-corrected chi connectivity index (χ3v) is 8.46. The SMILES string of the molecule is COc1ccc2[nH]c(C(=O)N3CC4CN(CCC(NC(=O)C5CCOC5)c5ccccc5)C[C@H]4C3)cc2c1. The van der Waals surface area contributed by atoms with Crippen molar-refractivity contribution < 1.29 is 19.1 Å². The molecule has 4 atom stereocenters. The molecule has 0 saturated carbocycles. The molecule has 38 heavy (non-hydrogen) atoms. The molecule has 3 saturated heterocycles. The monoisotopic (exact) mass is 516 g/mol. The van der Waals surface area contributed by atoms with Crippen molar-refractivity contribution in [1.82, 2.24) is 20.1 Å². The Kier molecular flexibility index (Phi) is 7.08. The topological polar surface area (TPSA) is 86.9 Å². The highest BCUT2D eigenvalue weighted by Gasteiger charge is 2.42. The Morgan fingerprint density at radius 1 is 1.08 bits per heavy atom. The van der Waals surface area contributed by atoms with Crippen molar-refractivity contribution in [3.63, 3.8) is 0 Å². The molecule has 8 heteroatoms. The molecule has 0 spiro atoms. The summed E-state index contributed by atoms with van der Waals surface area (Å²) in [4.78, 5) is 33.9. The van der Waals surface area contributed by atoms with E-state index in [0.29, 0.717) is 30.7 Å². The molecule has 8 nitrogen and oxygen atoms in total. The number of fused-ring (bicyclic) bond motifs is 2. The van der Waals surface area contributed by atoms with Gasteiger partial charge < -0.3 is 29.6 Å². The number of rotatable bonds is 8. The van der Waals surface area contributed by atoms with E-state index in [4.69, 9.17) is 9.47 Å². The van der Waals surface area contributed by atoms with Gasteiger partial charge in [-0.05, 0) is 54.5 Å². The lowest BCUT2D eigenvalue weighted by Crippen LogP contribution is -2.37. The molecule has 3 aliphatic rings. The molecule has 2 aromatic carbocycles. The smallest absolute Gasteiger partial charge is 0.270 e. The summed E-state index contributed by atoms with van der Waals surface area (Å²) in [5.41, 5.74) is 2.73. The molecule has 3 fully saturated rings. The summed E-state index contributed by atoms with van der Waals surface area (Å²) in [6.07, 6.45) is 1.66. The lowest BCUT2D eigenvalue weighted by Gasteiger charge is -2.25. The Hall–Kier alpha value is -3.36. The van der Waals surface area contributed by atoms with Gasteiger partial charge in [-0.25, -0.2) is 0 Å². The van der Waals surface area contributed by atoms with Gasteiger partial charge in [0, 0.05) is 50.2 Å². The van der Waals surface area contributed by atoms with Crippen molar-refractivity contribution in [2.24, 2.45) is 17.8 Å². The van der Waals surface area contributed by atoms with E-state index in [-0.39, 0.29) is 23.8 Å². The number of carbonyl (C=O) groups excluding carboxylic acids is 2. The number of hydrogen-bond donors (Lipinski definition) is 2. The molecule has 200 valence electrons. The first-order valence-electron chi connectivity index (χ1n) is 13.7. The summed E-state index contributed by atoms with van der Waals surface area (Å²) in [6.45, 7) is 5.67. The van der Waals surface area contributed by atoms with Gasteiger partial charge in [-0.2, -0.15) is 0 Å². The molecule has 0 radical (unpaired) electrons. The van der Waals surface area contributed by atoms with Crippen LogP contribution in [0.1, 0.15) is 34.9 Å². The van der Waals surface area contributed by atoms with Crippen molar-refractivity contribution in [3.8, 4) is 5.75 Å². The standard InChI is InChI=1S/C30H36N4O4/c1-37-25-7-8-26-22(13-25)14-28(31-26)30(36)34-17-23-15-33(16-24(23)18-34)11-9-27(20-5-3-2-4-6-20)32-29(35)21-10-12-38-19-21/h2-8,13-14,21,23-24,27,31H,9-12,15-19H2,1H3,(H,32,35)/t21?,23-,24?,27?/m0/s1. The van der Waals surface area contributed by atoms with E-state index < -0.39 is 0 Å². The van der Waals surface area contributed by atoms with Crippen LogP contribution in [0.25, 0.3) is 10.9 Å². The minimum absolute atomic E-state index is 0.0107. The van der Waals surface area contributed by atoms with Crippen LogP contribution in [0.3, 0.4) is 0 Å². The van der Waals surface area contributed by atoms with Crippen molar-refractivity contribution >= 4 is 22.7 Å². The lowest BCUT2D eigenvalue weighted by molar-refractivity contribution is -0.125. The first-order valence-corrected chi connectivity index (χ1v) is 13.7. The number of nitrogens with zero attached hydrogens (tertiary/aromatic N) is 2. The number of aromatic amines is 1. The maximum Gasteiger partial charge on any atom is 0.270 e. The van der Waals surface area contributed by atoms with Gasteiger partial charge in [-0.1, -0.05) is 30.3 Å². The Bertz CT molecular complexity index is 1270. The average molecular weight is 517 g/mol. The number of methoxy groups -OCH3 is 1. The number of benzene rings is 2. The zero-order valence-corrected chi connectivity index (χ0v) is 21.9. The van der Waals surface area contributed by atoms with Crippen LogP contribution in [-0.2, 0) is 9.53 Å². The molecule has 2 amide bonds. The second-order valence-corrected chi connectivity index (χ2v) is 10.9. The van der Waals surface area contributed by atoms with Gasteiger partial charge in [0.25, 0.3) is 5.91 Å². The van der Waals surface area contributed by atoms with Crippen LogP contribution in [0.15, 0.2) is 54.6 Å². The van der Waals surface area contributed by atoms with Crippen LogP contribution >= 0.6 is 0 Å². The van der Waals surface area contributed by atoms with Crippen LogP contribution in [0, 0.1) is 17.8 Å². The summed E-state index contributed by atoms with van der Waals surface area (Å²) in [5.74, 6) is 1.89.